The van der Waals surface area contributed by atoms with Gasteiger partial charge in [-0.1, -0.05) is 0 Å². The molecule has 0 aromatic heterocycles. The van der Waals surface area contributed by atoms with Crippen molar-refractivity contribution in [2.45, 2.75) is 57.4 Å². The molecule has 2 heterocycles. The lowest BCUT2D eigenvalue weighted by molar-refractivity contribution is -0.223. The molecule has 0 aromatic rings. The first-order chi connectivity index (χ1) is 6.78. The maximum Gasteiger partial charge on any atom is 0.172 e. The van der Waals surface area contributed by atoms with E-state index in [2.05, 4.69) is 27.7 Å². The van der Waals surface area contributed by atoms with E-state index in [1.807, 2.05) is 4.42 Å². The quantitative estimate of drug-likeness (QED) is 0.601. The van der Waals surface area contributed by atoms with Gasteiger partial charge in [-0.05, 0) is 39.5 Å². The number of hydrogen-bond acceptors (Lipinski definition) is 3. The Morgan fingerprint density at radius 1 is 0.933 bits per heavy atom. The van der Waals surface area contributed by atoms with E-state index in [9.17, 15) is 0 Å². The van der Waals surface area contributed by atoms with E-state index in [0.717, 1.165) is 12.8 Å². The highest BCUT2D eigenvalue weighted by molar-refractivity contribution is 6.14. The molecule has 0 unspecified atom stereocenters. The predicted molar refractivity (Wildman–Crippen MR) is 59.7 cm³/mol. The minimum Gasteiger partial charge on any atom is -0.347 e. The Hall–Kier alpha value is 0.170. The van der Waals surface area contributed by atoms with Crippen molar-refractivity contribution in [2.75, 3.05) is 13.2 Å². The summed E-state index contributed by atoms with van der Waals surface area (Å²) in [6.45, 7) is 9.94. The molecule has 0 bridgehead atoms. The standard InChI is InChI=1S/C11H20ClNO2/c1-9(2)7-11(14-5-6-15-11)8-10(3,4)13(9)12/h5-8H2,1-4H3. The van der Waals surface area contributed by atoms with Gasteiger partial charge in [-0.15, -0.1) is 0 Å². The molecule has 0 aliphatic carbocycles. The Balaban J connectivity index is 2.27. The van der Waals surface area contributed by atoms with Gasteiger partial charge in [0, 0.05) is 23.9 Å². The SMILES string of the molecule is CC1(C)CC2(CC(C)(C)N1Cl)OCCO2. The van der Waals surface area contributed by atoms with Crippen LogP contribution in [0.1, 0.15) is 40.5 Å². The number of halogens is 1. The molecule has 88 valence electrons. The topological polar surface area (TPSA) is 21.7 Å². The maximum atomic E-state index is 6.38. The first kappa shape index (κ1) is 11.6. The molecule has 15 heavy (non-hydrogen) atoms. The van der Waals surface area contributed by atoms with Crippen molar-refractivity contribution in [3.8, 4) is 0 Å². The van der Waals surface area contributed by atoms with E-state index in [-0.39, 0.29) is 11.1 Å². The van der Waals surface area contributed by atoms with E-state index < -0.39 is 5.79 Å². The summed E-state index contributed by atoms with van der Waals surface area (Å²) >= 11 is 6.38. The molecule has 4 heteroatoms. The van der Waals surface area contributed by atoms with Crippen LogP contribution >= 0.6 is 11.8 Å². The van der Waals surface area contributed by atoms with Crippen molar-refractivity contribution in [1.29, 1.82) is 0 Å². The summed E-state index contributed by atoms with van der Waals surface area (Å²) in [5, 5.41) is 0. The van der Waals surface area contributed by atoms with Crippen LogP contribution < -0.4 is 0 Å². The van der Waals surface area contributed by atoms with E-state index in [1.54, 1.807) is 0 Å². The average molecular weight is 234 g/mol. The van der Waals surface area contributed by atoms with E-state index in [4.69, 9.17) is 21.3 Å². The first-order valence-corrected chi connectivity index (χ1v) is 5.85. The second-order valence-electron chi connectivity index (χ2n) is 5.87. The monoisotopic (exact) mass is 233 g/mol. The smallest absolute Gasteiger partial charge is 0.172 e. The van der Waals surface area contributed by atoms with Gasteiger partial charge in [0.1, 0.15) is 0 Å². The average Bonchev–Trinajstić information content (AvgIpc) is 2.47. The van der Waals surface area contributed by atoms with Crippen LogP contribution in [0, 0.1) is 0 Å². The predicted octanol–water partition coefficient (Wildman–Crippen LogP) is 2.54. The molecule has 0 N–H and O–H groups in total. The fraction of sp³-hybridized carbons (Fsp3) is 1.00. The van der Waals surface area contributed by atoms with Crippen molar-refractivity contribution >= 4 is 11.8 Å². The summed E-state index contributed by atoms with van der Waals surface area (Å²) in [4.78, 5) is 0. The molecule has 1 spiro atoms. The summed E-state index contributed by atoms with van der Waals surface area (Å²) in [7, 11) is 0. The Morgan fingerprint density at radius 2 is 1.33 bits per heavy atom. The third kappa shape index (κ3) is 1.91. The fourth-order valence-corrected chi connectivity index (χ4v) is 3.16. The minimum atomic E-state index is -0.404. The molecule has 0 aromatic carbocycles. The van der Waals surface area contributed by atoms with Crippen LogP contribution in [0.15, 0.2) is 0 Å². The maximum absolute atomic E-state index is 6.38. The zero-order chi connectivity index (χ0) is 11.3. The van der Waals surface area contributed by atoms with Crippen LogP contribution in [-0.2, 0) is 9.47 Å². The molecule has 2 aliphatic rings. The summed E-state index contributed by atoms with van der Waals surface area (Å²) in [6.07, 6.45) is 1.65. The molecular weight excluding hydrogens is 214 g/mol. The Kier molecular flexibility index (Phi) is 2.59. The second-order valence-corrected chi connectivity index (χ2v) is 6.20. The highest BCUT2D eigenvalue weighted by atomic mass is 35.5. The lowest BCUT2D eigenvalue weighted by atomic mass is 9.78. The van der Waals surface area contributed by atoms with Crippen LogP contribution in [0.25, 0.3) is 0 Å². The molecule has 0 amide bonds. The van der Waals surface area contributed by atoms with E-state index in [0.29, 0.717) is 13.2 Å². The Morgan fingerprint density at radius 3 is 1.73 bits per heavy atom. The fourth-order valence-electron chi connectivity index (χ4n) is 3.04. The van der Waals surface area contributed by atoms with Crippen molar-refractivity contribution in [3.63, 3.8) is 0 Å². The molecule has 2 rings (SSSR count). The van der Waals surface area contributed by atoms with Crippen LogP contribution in [0.5, 0.6) is 0 Å². The lowest BCUT2D eigenvalue weighted by Crippen LogP contribution is -2.62. The van der Waals surface area contributed by atoms with Crippen molar-refractivity contribution in [2.24, 2.45) is 0 Å². The van der Waals surface area contributed by atoms with Gasteiger partial charge in [0.05, 0.1) is 13.2 Å². The van der Waals surface area contributed by atoms with Gasteiger partial charge in [0.2, 0.25) is 0 Å². The molecule has 0 atom stereocenters. The Labute approximate surface area is 96.8 Å². The van der Waals surface area contributed by atoms with Crippen LogP contribution in [0.4, 0.5) is 0 Å². The van der Waals surface area contributed by atoms with Gasteiger partial charge < -0.3 is 9.47 Å². The summed E-state index contributed by atoms with van der Waals surface area (Å²) in [6, 6.07) is 0. The van der Waals surface area contributed by atoms with Gasteiger partial charge in [-0.2, -0.15) is 0 Å². The zero-order valence-electron chi connectivity index (χ0n) is 9.97. The molecular formula is C11H20ClNO2. The molecule has 3 nitrogen and oxygen atoms in total. The van der Waals surface area contributed by atoms with E-state index >= 15 is 0 Å². The normalized spacial score (nSPS) is 33.4. The van der Waals surface area contributed by atoms with Crippen LogP contribution in [-0.4, -0.2) is 34.5 Å². The highest BCUT2D eigenvalue weighted by Gasteiger charge is 2.55. The molecule has 2 fully saturated rings. The molecule has 2 aliphatic heterocycles. The van der Waals surface area contributed by atoms with Crippen molar-refractivity contribution in [1.82, 2.24) is 4.42 Å². The highest BCUT2D eigenvalue weighted by Crippen LogP contribution is 2.48. The lowest BCUT2D eigenvalue weighted by Gasteiger charge is -2.54. The summed E-state index contributed by atoms with van der Waals surface area (Å²) in [5.41, 5.74) is -0.207. The number of piperidine rings is 1. The minimum absolute atomic E-state index is 0.104. The third-order valence-electron chi connectivity index (χ3n) is 3.28. The first-order valence-electron chi connectivity index (χ1n) is 5.52. The van der Waals surface area contributed by atoms with Crippen LogP contribution in [0.2, 0.25) is 0 Å². The van der Waals surface area contributed by atoms with Gasteiger partial charge >= 0.3 is 0 Å². The molecule has 2 saturated heterocycles. The number of nitrogens with zero attached hydrogens (tertiary/aromatic N) is 1. The van der Waals surface area contributed by atoms with Crippen molar-refractivity contribution < 1.29 is 9.47 Å². The van der Waals surface area contributed by atoms with Gasteiger partial charge in [-0.25, -0.2) is 4.42 Å². The number of rotatable bonds is 0. The van der Waals surface area contributed by atoms with Gasteiger partial charge in [0.25, 0.3) is 0 Å². The Bertz CT molecular complexity index is 239. The van der Waals surface area contributed by atoms with E-state index in [1.165, 1.54) is 0 Å². The third-order valence-corrected chi connectivity index (χ3v) is 4.20. The second kappa shape index (κ2) is 3.33. The van der Waals surface area contributed by atoms with Crippen LogP contribution in [0.3, 0.4) is 0 Å². The summed E-state index contributed by atoms with van der Waals surface area (Å²) < 4.78 is 13.5. The molecule has 0 radical (unpaired) electrons. The van der Waals surface area contributed by atoms with Gasteiger partial charge in [0.15, 0.2) is 5.79 Å². The zero-order valence-corrected chi connectivity index (χ0v) is 10.7. The summed E-state index contributed by atoms with van der Waals surface area (Å²) in [5.74, 6) is -0.404. The largest absolute Gasteiger partial charge is 0.347 e. The van der Waals surface area contributed by atoms with Gasteiger partial charge in [-0.3, -0.25) is 0 Å². The van der Waals surface area contributed by atoms with Crippen molar-refractivity contribution in [3.05, 3.63) is 0 Å². The number of ether oxygens (including phenoxy) is 2. The number of hydrogen-bond donors (Lipinski definition) is 0. The molecule has 0 saturated carbocycles.